The number of fused-ring (bicyclic) bond motifs is 3. The van der Waals surface area contributed by atoms with Crippen molar-refractivity contribution in [2.45, 2.75) is 13.1 Å². The Balaban J connectivity index is 1.86. The molecule has 140 valence electrons. The molecule has 27 heavy (non-hydrogen) atoms. The molecule has 0 aliphatic heterocycles. The lowest BCUT2D eigenvalue weighted by molar-refractivity contribution is -0.153. The highest BCUT2D eigenvalue weighted by Crippen LogP contribution is 2.30. The van der Waals surface area contributed by atoms with E-state index >= 15 is 0 Å². The minimum Gasteiger partial charge on any atom is -0.467 e. The third-order valence-electron chi connectivity index (χ3n) is 3.61. The third kappa shape index (κ3) is 3.23. The summed E-state index contributed by atoms with van der Waals surface area (Å²) in [5.41, 5.74) is 0.622. The van der Waals surface area contributed by atoms with Crippen molar-refractivity contribution >= 4 is 16.4 Å². The molecule has 0 aliphatic rings. The maximum Gasteiger partial charge on any atom is 0.422 e. The first kappa shape index (κ1) is 17.1. The standard InChI is InChI=1S/C16H12F3N5O3/c1-2-25-12-7-11(23-27-12)14-21-20-13-9-5-3-4-6-10(9)15(22-24(13)14)26-8-16(17,18)19/h3-7H,2,8H2,1H3. The van der Waals surface area contributed by atoms with Gasteiger partial charge in [-0.05, 0) is 13.0 Å². The minimum atomic E-state index is -4.49. The molecule has 1 aromatic carbocycles. The summed E-state index contributed by atoms with van der Waals surface area (Å²) in [6.07, 6.45) is -4.49. The van der Waals surface area contributed by atoms with E-state index in [2.05, 4.69) is 20.5 Å². The molecule has 0 saturated carbocycles. The molecular weight excluding hydrogens is 367 g/mol. The van der Waals surface area contributed by atoms with Crippen LogP contribution in [0.15, 0.2) is 34.9 Å². The first-order valence-corrected chi connectivity index (χ1v) is 7.90. The summed E-state index contributed by atoms with van der Waals surface area (Å²) in [4.78, 5) is 0. The van der Waals surface area contributed by atoms with Crippen molar-refractivity contribution in [1.82, 2.24) is 25.0 Å². The van der Waals surface area contributed by atoms with Gasteiger partial charge in [0.25, 0.3) is 0 Å². The second-order valence-electron chi connectivity index (χ2n) is 5.48. The van der Waals surface area contributed by atoms with Crippen molar-refractivity contribution in [1.29, 1.82) is 0 Å². The van der Waals surface area contributed by atoms with Crippen LogP contribution in [0.1, 0.15) is 6.92 Å². The Kier molecular flexibility index (Phi) is 4.05. The van der Waals surface area contributed by atoms with E-state index < -0.39 is 12.8 Å². The number of halogens is 3. The number of hydrogen-bond donors (Lipinski definition) is 0. The Bertz CT molecular complexity index is 1110. The van der Waals surface area contributed by atoms with Crippen LogP contribution in [0.4, 0.5) is 13.2 Å². The zero-order chi connectivity index (χ0) is 19.0. The van der Waals surface area contributed by atoms with Gasteiger partial charge in [0.05, 0.1) is 12.7 Å². The first-order chi connectivity index (χ1) is 13.0. The molecule has 3 aromatic heterocycles. The van der Waals surface area contributed by atoms with E-state index in [1.807, 2.05) is 0 Å². The Morgan fingerprint density at radius 1 is 1.11 bits per heavy atom. The topological polar surface area (TPSA) is 87.6 Å². The molecule has 3 heterocycles. The normalized spacial score (nSPS) is 12.0. The fourth-order valence-electron chi connectivity index (χ4n) is 2.54. The van der Waals surface area contributed by atoms with E-state index in [4.69, 9.17) is 14.0 Å². The summed E-state index contributed by atoms with van der Waals surface area (Å²) < 4.78 is 54.2. The van der Waals surface area contributed by atoms with Crippen molar-refractivity contribution in [2.24, 2.45) is 0 Å². The summed E-state index contributed by atoms with van der Waals surface area (Å²) in [5, 5.41) is 17.0. The molecule has 4 aromatic rings. The second-order valence-corrected chi connectivity index (χ2v) is 5.48. The zero-order valence-corrected chi connectivity index (χ0v) is 13.9. The Hall–Kier alpha value is -3.37. The zero-order valence-electron chi connectivity index (χ0n) is 13.9. The summed E-state index contributed by atoms with van der Waals surface area (Å²) in [6, 6.07) is 8.19. The van der Waals surface area contributed by atoms with Gasteiger partial charge in [0.15, 0.2) is 17.9 Å². The number of hydrogen-bond acceptors (Lipinski definition) is 7. The Morgan fingerprint density at radius 2 is 1.89 bits per heavy atom. The lowest BCUT2D eigenvalue weighted by Gasteiger charge is -2.11. The molecule has 0 amide bonds. The molecule has 0 N–H and O–H groups in total. The molecule has 0 bridgehead atoms. The van der Waals surface area contributed by atoms with Gasteiger partial charge in [-0.25, -0.2) is 0 Å². The summed E-state index contributed by atoms with van der Waals surface area (Å²) >= 11 is 0. The monoisotopic (exact) mass is 379 g/mol. The molecular formula is C16H12F3N5O3. The Labute approximate surface area is 149 Å². The molecule has 0 fully saturated rings. The van der Waals surface area contributed by atoms with E-state index in [-0.39, 0.29) is 23.3 Å². The summed E-state index contributed by atoms with van der Waals surface area (Å²) in [6.45, 7) is 0.700. The van der Waals surface area contributed by atoms with Crippen molar-refractivity contribution < 1.29 is 27.2 Å². The van der Waals surface area contributed by atoms with Gasteiger partial charge < -0.3 is 14.0 Å². The quantitative estimate of drug-likeness (QED) is 0.526. The van der Waals surface area contributed by atoms with Crippen LogP contribution in [0.5, 0.6) is 11.8 Å². The SMILES string of the molecule is CCOc1cc(-c2nnc3c4ccccc4c(OCC(F)(F)F)nn23)no1. The molecule has 0 atom stereocenters. The van der Waals surface area contributed by atoms with Gasteiger partial charge >= 0.3 is 12.1 Å². The summed E-state index contributed by atoms with van der Waals surface area (Å²) in [5.74, 6) is 0.172. The second kappa shape index (κ2) is 6.41. The van der Waals surface area contributed by atoms with Crippen LogP contribution in [0.3, 0.4) is 0 Å². The van der Waals surface area contributed by atoms with Gasteiger partial charge in [0.2, 0.25) is 11.7 Å². The average Bonchev–Trinajstić information content (AvgIpc) is 3.26. The molecule has 0 aliphatic carbocycles. The van der Waals surface area contributed by atoms with Gasteiger partial charge in [-0.2, -0.15) is 17.7 Å². The number of aromatic nitrogens is 5. The van der Waals surface area contributed by atoms with Crippen LogP contribution >= 0.6 is 0 Å². The number of ether oxygens (including phenoxy) is 2. The average molecular weight is 379 g/mol. The van der Waals surface area contributed by atoms with Gasteiger partial charge in [0, 0.05) is 10.8 Å². The van der Waals surface area contributed by atoms with Crippen LogP contribution in [0.25, 0.3) is 27.9 Å². The minimum absolute atomic E-state index is 0.179. The fraction of sp³-hybridized carbons (Fsp3) is 0.250. The van der Waals surface area contributed by atoms with E-state index in [1.165, 1.54) is 10.6 Å². The lowest BCUT2D eigenvalue weighted by Crippen LogP contribution is -2.20. The van der Waals surface area contributed by atoms with Crippen LogP contribution in [-0.4, -0.2) is 44.4 Å². The Morgan fingerprint density at radius 3 is 2.63 bits per heavy atom. The molecule has 0 radical (unpaired) electrons. The predicted octanol–water partition coefficient (Wildman–Crippen LogP) is 3.27. The highest BCUT2D eigenvalue weighted by atomic mass is 19.4. The lowest BCUT2D eigenvalue weighted by atomic mass is 10.2. The molecule has 11 heteroatoms. The largest absolute Gasteiger partial charge is 0.467 e. The molecule has 0 unspecified atom stereocenters. The van der Waals surface area contributed by atoms with Crippen molar-refractivity contribution in [3.05, 3.63) is 30.3 Å². The van der Waals surface area contributed by atoms with Crippen LogP contribution < -0.4 is 9.47 Å². The van der Waals surface area contributed by atoms with Crippen LogP contribution in [0, 0.1) is 0 Å². The first-order valence-electron chi connectivity index (χ1n) is 7.90. The molecule has 0 saturated heterocycles. The number of benzene rings is 1. The van der Waals surface area contributed by atoms with E-state index in [9.17, 15) is 13.2 Å². The molecule has 8 nitrogen and oxygen atoms in total. The number of rotatable bonds is 5. The van der Waals surface area contributed by atoms with Gasteiger partial charge in [0.1, 0.15) is 0 Å². The highest BCUT2D eigenvalue weighted by molar-refractivity contribution is 5.96. The number of nitrogens with zero attached hydrogens (tertiary/aromatic N) is 5. The van der Waals surface area contributed by atoms with Crippen molar-refractivity contribution in [3.63, 3.8) is 0 Å². The van der Waals surface area contributed by atoms with E-state index in [1.54, 1.807) is 31.2 Å². The third-order valence-corrected chi connectivity index (χ3v) is 3.61. The van der Waals surface area contributed by atoms with Crippen molar-refractivity contribution in [2.75, 3.05) is 13.2 Å². The number of alkyl halides is 3. The van der Waals surface area contributed by atoms with Gasteiger partial charge in [-0.3, -0.25) is 0 Å². The van der Waals surface area contributed by atoms with E-state index in [0.29, 0.717) is 23.0 Å². The van der Waals surface area contributed by atoms with Crippen LogP contribution in [-0.2, 0) is 0 Å². The molecule has 4 rings (SSSR count). The summed E-state index contributed by atoms with van der Waals surface area (Å²) in [7, 11) is 0. The fourth-order valence-corrected chi connectivity index (χ4v) is 2.54. The van der Waals surface area contributed by atoms with Gasteiger partial charge in [-0.15, -0.1) is 15.3 Å². The van der Waals surface area contributed by atoms with Crippen LogP contribution in [0.2, 0.25) is 0 Å². The smallest absolute Gasteiger partial charge is 0.422 e. The van der Waals surface area contributed by atoms with Crippen molar-refractivity contribution in [3.8, 4) is 23.3 Å². The maximum atomic E-state index is 12.6. The maximum absolute atomic E-state index is 12.6. The van der Waals surface area contributed by atoms with E-state index in [0.717, 1.165) is 0 Å². The van der Waals surface area contributed by atoms with Gasteiger partial charge in [-0.1, -0.05) is 23.4 Å². The molecule has 0 spiro atoms. The predicted molar refractivity (Wildman–Crippen MR) is 86.5 cm³/mol. The highest BCUT2D eigenvalue weighted by Gasteiger charge is 2.29.